The fourth-order valence-corrected chi connectivity index (χ4v) is 4.75. The smallest absolute Gasteiger partial charge is 0.310 e. The van der Waals surface area contributed by atoms with Gasteiger partial charge in [-0.25, -0.2) is 0 Å². The fourth-order valence-electron chi connectivity index (χ4n) is 3.80. The minimum Gasteiger partial charge on any atom is -0.499 e. The van der Waals surface area contributed by atoms with Crippen LogP contribution in [0.5, 0.6) is 0 Å². The van der Waals surface area contributed by atoms with Crippen molar-refractivity contribution in [2.75, 3.05) is 32.8 Å². The zero-order chi connectivity index (χ0) is 20.6. The van der Waals surface area contributed by atoms with Crippen LogP contribution in [-0.2, 0) is 14.3 Å². The van der Waals surface area contributed by atoms with Crippen LogP contribution in [0.1, 0.15) is 41.3 Å². The molecule has 0 amide bonds. The van der Waals surface area contributed by atoms with Crippen LogP contribution in [0.4, 0.5) is 0 Å². The highest BCUT2D eigenvalue weighted by molar-refractivity contribution is 7.11. The average molecular weight is 414 g/mol. The lowest BCUT2D eigenvalue weighted by Crippen LogP contribution is -2.40. The first-order chi connectivity index (χ1) is 14.1. The van der Waals surface area contributed by atoms with Crippen LogP contribution in [0.3, 0.4) is 0 Å². The Morgan fingerprint density at radius 1 is 1.24 bits per heavy atom. The normalized spacial score (nSPS) is 17.9. The van der Waals surface area contributed by atoms with Gasteiger partial charge in [-0.2, -0.15) is 0 Å². The van der Waals surface area contributed by atoms with E-state index in [1.165, 1.54) is 21.6 Å². The maximum atomic E-state index is 12.0. The molecule has 0 saturated carbocycles. The van der Waals surface area contributed by atoms with E-state index in [1.807, 2.05) is 13.2 Å². The number of ether oxygens (including phenoxy) is 2. The Hall–Kier alpha value is -2.11. The molecule has 1 aromatic heterocycles. The van der Waals surface area contributed by atoms with Crippen LogP contribution in [0, 0.1) is 19.8 Å². The monoisotopic (exact) mass is 413 g/mol. The van der Waals surface area contributed by atoms with Gasteiger partial charge in [0.1, 0.15) is 6.61 Å². The summed E-state index contributed by atoms with van der Waals surface area (Å²) in [5.74, 6) is -0.0661. The number of carbonyl (C=O) groups is 1. The standard InChI is InChI=1S/C24H31NO3S/c1-4-28-24(26)20-9-7-12-25(16-20)13-14-27-17-22(23-19(3)11-15-29-23)21-10-6-5-8-18(21)2/h5-6,8,10-11,15,17,20H,4,7,9,12-14,16H2,1-3H3. The first-order valence-electron chi connectivity index (χ1n) is 10.4. The summed E-state index contributed by atoms with van der Waals surface area (Å²) in [7, 11) is 0. The van der Waals surface area contributed by atoms with E-state index in [-0.39, 0.29) is 11.9 Å². The zero-order valence-corrected chi connectivity index (χ0v) is 18.5. The number of thiophene rings is 1. The highest BCUT2D eigenvalue weighted by Gasteiger charge is 2.26. The molecule has 2 aromatic rings. The van der Waals surface area contributed by atoms with Crippen LogP contribution in [0.2, 0.25) is 0 Å². The predicted octanol–water partition coefficient (Wildman–Crippen LogP) is 5.05. The van der Waals surface area contributed by atoms with E-state index in [1.54, 1.807) is 11.3 Å². The molecule has 0 bridgehead atoms. The van der Waals surface area contributed by atoms with E-state index in [9.17, 15) is 4.79 Å². The molecular weight excluding hydrogens is 382 g/mol. The summed E-state index contributed by atoms with van der Waals surface area (Å²) >= 11 is 1.75. The van der Waals surface area contributed by atoms with E-state index in [2.05, 4.69) is 54.5 Å². The predicted molar refractivity (Wildman–Crippen MR) is 119 cm³/mol. The molecule has 1 atom stereocenters. The fraction of sp³-hybridized carbons (Fsp3) is 0.458. The van der Waals surface area contributed by atoms with Crippen LogP contribution in [-0.4, -0.2) is 43.7 Å². The third-order valence-electron chi connectivity index (χ3n) is 5.39. The maximum absolute atomic E-state index is 12.0. The number of aryl methyl sites for hydroxylation is 2. The van der Waals surface area contributed by atoms with Crippen LogP contribution < -0.4 is 0 Å². The molecule has 1 aliphatic heterocycles. The maximum Gasteiger partial charge on any atom is 0.310 e. The van der Waals surface area contributed by atoms with Crippen molar-refractivity contribution in [2.45, 2.75) is 33.6 Å². The van der Waals surface area contributed by atoms with Crippen LogP contribution in [0.25, 0.3) is 5.57 Å². The third kappa shape index (κ3) is 5.71. The van der Waals surface area contributed by atoms with Crippen molar-refractivity contribution >= 4 is 22.9 Å². The van der Waals surface area contributed by atoms with Crippen molar-refractivity contribution in [1.82, 2.24) is 4.90 Å². The van der Waals surface area contributed by atoms with E-state index >= 15 is 0 Å². The van der Waals surface area contributed by atoms with Gasteiger partial charge in [-0.1, -0.05) is 24.3 Å². The molecule has 1 saturated heterocycles. The summed E-state index contributed by atoms with van der Waals surface area (Å²) < 4.78 is 11.2. The number of nitrogens with zero attached hydrogens (tertiary/aromatic N) is 1. The number of hydrogen-bond acceptors (Lipinski definition) is 5. The van der Waals surface area contributed by atoms with Crippen molar-refractivity contribution < 1.29 is 14.3 Å². The van der Waals surface area contributed by atoms with Crippen LogP contribution in [0.15, 0.2) is 42.0 Å². The molecule has 1 aliphatic rings. The second-order valence-corrected chi connectivity index (χ2v) is 8.46. The van der Waals surface area contributed by atoms with Gasteiger partial charge in [0, 0.05) is 23.5 Å². The summed E-state index contributed by atoms with van der Waals surface area (Å²) in [6, 6.07) is 10.6. The highest BCUT2D eigenvalue weighted by atomic mass is 32.1. The van der Waals surface area contributed by atoms with Gasteiger partial charge in [-0.3, -0.25) is 9.69 Å². The molecule has 3 rings (SSSR count). The minimum absolute atomic E-state index is 0.00413. The van der Waals surface area contributed by atoms with Crippen molar-refractivity contribution in [2.24, 2.45) is 5.92 Å². The molecule has 0 N–H and O–H groups in total. The molecular formula is C24H31NO3S. The number of piperidine rings is 1. The average Bonchev–Trinajstić information content (AvgIpc) is 3.15. The molecule has 0 radical (unpaired) electrons. The van der Waals surface area contributed by atoms with E-state index in [0.29, 0.717) is 13.2 Å². The summed E-state index contributed by atoms with van der Waals surface area (Å²) in [5.41, 5.74) is 4.85. The number of hydrogen-bond donors (Lipinski definition) is 0. The Bertz CT molecular complexity index is 842. The quantitative estimate of drug-likeness (QED) is 0.345. The van der Waals surface area contributed by atoms with E-state index in [0.717, 1.165) is 38.0 Å². The zero-order valence-electron chi connectivity index (χ0n) is 17.6. The number of esters is 1. The van der Waals surface area contributed by atoms with Gasteiger partial charge in [0.05, 0.1) is 18.8 Å². The second kappa shape index (κ2) is 10.6. The molecule has 29 heavy (non-hydrogen) atoms. The van der Waals surface area contributed by atoms with Crippen molar-refractivity contribution in [3.63, 3.8) is 0 Å². The molecule has 0 spiro atoms. The van der Waals surface area contributed by atoms with E-state index in [4.69, 9.17) is 9.47 Å². The lowest BCUT2D eigenvalue weighted by Gasteiger charge is -2.31. The van der Waals surface area contributed by atoms with Gasteiger partial charge in [0.15, 0.2) is 0 Å². The molecule has 1 aromatic carbocycles. The van der Waals surface area contributed by atoms with Crippen molar-refractivity contribution in [3.8, 4) is 0 Å². The number of rotatable bonds is 8. The number of carbonyl (C=O) groups excluding carboxylic acids is 1. The molecule has 0 aliphatic carbocycles. The first kappa shape index (κ1) is 21.6. The van der Waals surface area contributed by atoms with Crippen molar-refractivity contribution in [3.05, 3.63) is 63.5 Å². The summed E-state index contributed by atoms with van der Waals surface area (Å²) in [6.07, 6.45) is 3.86. The van der Waals surface area contributed by atoms with Gasteiger partial charge in [0.2, 0.25) is 0 Å². The minimum atomic E-state index is -0.0620. The van der Waals surface area contributed by atoms with E-state index < -0.39 is 0 Å². The SMILES string of the molecule is CCOC(=O)C1CCCN(CCOC=C(c2ccccc2C)c2sccc2C)C1. The lowest BCUT2D eigenvalue weighted by molar-refractivity contribution is -0.150. The van der Waals surface area contributed by atoms with Gasteiger partial charge in [-0.15, -0.1) is 11.3 Å². The summed E-state index contributed by atoms with van der Waals surface area (Å²) in [4.78, 5) is 15.6. The van der Waals surface area contributed by atoms with Crippen LogP contribution >= 0.6 is 11.3 Å². The van der Waals surface area contributed by atoms with Gasteiger partial charge >= 0.3 is 5.97 Å². The van der Waals surface area contributed by atoms with Gasteiger partial charge in [0.25, 0.3) is 0 Å². The number of benzene rings is 1. The Labute approximate surface area is 178 Å². The Kier molecular flexibility index (Phi) is 7.90. The molecule has 156 valence electrons. The third-order valence-corrected chi connectivity index (χ3v) is 6.44. The Morgan fingerprint density at radius 2 is 2.07 bits per heavy atom. The highest BCUT2D eigenvalue weighted by Crippen LogP contribution is 2.32. The second-order valence-electron chi connectivity index (χ2n) is 7.54. The Balaban J connectivity index is 1.63. The molecule has 1 fully saturated rings. The topological polar surface area (TPSA) is 38.8 Å². The number of likely N-dealkylation sites (tertiary alicyclic amines) is 1. The summed E-state index contributed by atoms with van der Waals surface area (Å²) in [6.45, 7) is 9.79. The molecule has 4 nitrogen and oxygen atoms in total. The molecule has 1 unspecified atom stereocenters. The Morgan fingerprint density at radius 3 is 2.79 bits per heavy atom. The first-order valence-corrected chi connectivity index (χ1v) is 11.3. The summed E-state index contributed by atoms with van der Waals surface area (Å²) in [5, 5.41) is 2.13. The molecule has 5 heteroatoms. The van der Waals surface area contributed by atoms with Gasteiger partial charge in [-0.05, 0) is 68.3 Å². The van der Waals surface area contributed by atoms with Gasteiger partial charge < -0.3 is 9.47 Å². The van der Waals surface area contributed by atoms with Crippen molar-refractivity contribution in [1.29, 1.82) is 0 Å². The molecule has 2 heterocycles. The lowest BCUT2D eigenvalue weighted by atomic mass is 9.98. The largest absolute Gasteiger partial charge is 0.499 e.